The SMILES string of the molecule is CC(C)(C)c1ccc(NC(=O)CCC(=O)c2ccco2)cc1. The number of amides is 1. The fourth-order valence-electron chi connectivity index (χ4n) is 2.06. The van der Waals surface area contributed by atoms with Gasteiger partial charge in [0.05, 0.1) is 6.26 Å². The van der Waals surface area contributed by atoms with Crippen molar-refractivity contribution in [2.75, 3.05) is 5.32 Å². The molecule has 0 aliphatic heterocycles. The number of Topliss-reactive ketones (excluding diaryl/α,β-unsaturated/α-hetero) is 1. The Hall–Kier alpha value is -2.36. The molecule has 0 bridgehead atoms. The van der Waals surface area contributed by atoms with Crippen molar-refractivity contribution in [1.82, 2.24) is 0 Å². The standard InChI is InChI=1S/C18H21NO3/c1-18(2,3)13-6-8-14(9-7-13)19-17(21)11-10-15(20)16-5-4-12-22-16/h4-9,12H,10-11H2,1-3H3,(H,19,21). The van der Waals surface area contributed by atoms with Gasteiger partial charge in [0.2, 0.25) is 5.91 Å². The van der Waals surface area contributed by atoms with E-state index in [1.807, 2.05) is 24.3 Å². The monoisotopic (exact) mass is 299 g/mol. The Morgan fingerprint density at radius 1 is 1.05 bits per heavy atom. The molecule has 1 N–H and O–H groups in total. The minimum Gasteiger partial charge on any atom is -0.461 e. The first-order valence-corrected chi connectivity index (χ1v) is 7.33. The average Bonchev–Trinajstić information content (AvgIpc) is 2.98. The molecule has 0 aliphatic rings. The molecule has 4 heteroatoms. The molecular formula is C18H21NO3. The first-order valence-electron chi connectivity index (χ1n) is 7.33. The lowest BCUT2D eigenvalue weighted by atomic mass is 9.87. The highest BCUT2D eigenvalue weighted by molar-refractivity contribution is 5.98. The number of rotatable bonds is 5. The minimum absolute atomic E-state index is 0.0813. The van der Waals surface area contributed by atoms with E-state index in [1.165, 1.54) is 11.8 Å². The second-order valence-corrected chi connectivity index (χ2v) is 6.28. The molecule has 2 rings (SSSR count). The molecule has 4 nitrogen and oxygen atoms in total. The Kier molecular flexibility index (Phi) is 4.81. The summed E-state index contributed by atoms with van der Waals surface area (Å²) in [6.07, 6.45) is 1.73. The normalized spacial score (nSPS) is 11.2. The van der Waals surface area contributed by atoms with Gasteiger partial charge < -0.3 is 9.73 Å². The van der Waals surface area contributed by atoms with Gasteiger partial charge in [-0.2, -0.15) is 0 Å². The van der Waals surface area contributed by atoms with Crippen LogP contribution in [0.25, 0.3) is 0 Å². The summed E-state index contributed by atoms with van der Waals surface area (Å²) in [4.78, 5) is 23.6. The highest BCUT2D eigenvalue weighted by Crippen LogP contribution is 2.23. The smallest absolute Gasteiger partial charge is 0.224 e. The maximum absolute atomic E-state index is 11.9. The van der Waals surface area contributed by atoms with E-state index in [1.54, 1.807) is 12.1 Å². The zero-order valence-electron chi connectivity index (χ0n) is 13.2. The zero-order chi connectivity index (χ0) is 16.2. The van der Waals surface area contributed by atoms with E-state index in [4.69, 9.17) is 4.42 Å². The van der Waals surface area contributed by atoms with E-state index < -0.39 is 0 Å². The highest BCUT2D eigenvalue weighted by Gasteiger charge is 2.14. The average molecular weight is 299 g/mol. The van der Waals surface area contributed by atoms with Crippen molar-refractivity contribution in [2.24, 2.45) is 0 Å². The van der Waals surface area contributed by atoms with Gasteiger partial charge in [-0.05, 0) is 35.2 Å². The fourth-order valence-corrected chi connectivity index (χ4v) is 2.06. The fraction of sp³-hybridized carbons (Fsp3) is 0.333. The number of hydrogen-bond donors (Lipinski definition) is 1. The molecule has 1 aromatic heterocycles. The van der Waals surface area contributed by atoms with Crippen molar-refractivity contribution >= 4 is 17.4 Å². The maximum Gasteiger partial charge on any atom is 0.224 e. The van der Waals surface area contributed by atoms with Crippen LogP contribution in [0.15, 0.2) is 47.1 Å². The third kappa shape index (κ3) is 4.32. The summed E-state index contributed by atoms with van der Waals surface area (Å²) in [6.45, 7) is 6.42. The van der Waals surface area contributed by atoms with Crippen LogP contribution in [-0.2, 0) is 10.2 Å². The predicted octanol–water partition coefficient (Wildman–Crippen LogP) is 4.18. The van der Waals surface area contributed by atoms with E-state index in [2.05, 4.69) is 26.1 Å². The molecule has 0 spiro atoms. The summed E-state index contributed by atoms with van der Waals surface area (Å²) in [5.41, 5.74) is 2.03. The maximum atomic E-state index is 11.9. The van der Waals surface area contributed by atoms with E-state index in [0.717, 1.165) is 5.69 Å². The van der Waals surface area contributed by atoms with Crippen LogP contribution >= 0.6 is 0 Å². The van der Waals surface area contributed by atoms with Crippen molar-refractivity contribution < 1.29 is 14.0 Å². The van der Waals surface area contributed by atoms with E-state index >= 15 is 0 Å². The first-order chi connectivity index (χ1) is 10.4. The molecule has 0 unspecified atom stereocenters. The number of ketones is 1. The van der Waals surface area contributed by atoms with Gasteiger partial charge in [-0.15, -0.1) is 0 Å². The number of hydrogen-bond acceptors (Lipinski definition) is 3. The van der Waals surface area contributed by atoms with Gasteiger partial charge in [0, 0.05) is 18.5 Å². The van der Waals surface area contributed by atoms with Crippen LogP contribution in [0, 0.1) is 0 Å². The van der Waals surface area contributed by atoms with Gasteiger partial charge in [0.1, 0.15) is 0 Å². The van der Waals surface area contributed by atoms with Crippen LogP contribution in [0.2, 0.25) is 0 Å². The summed E-state index contributed by atoms with van der Waals surface area (Å²) >= 11 is 0. The summed E-state index contributed by atoms with van der Waals surface area (Å²) < 4.78 is 5.01. The molecule has 0 saturated carbocycles. The molecule has 1 heterocycles. The Morgan fingerprint density at radius 2 is 1.73 bits per heavy atom. The molecule has 1 amide bonds. The van der Waals surface area contributed by atoms with Crippen molar-refractivity contribution in [2.45, 2.75) is 39.0 Å². The molecule has 0 radical (unpaired) electrons. The highest BCUT2D eigenvalue weighted by atomic mass is 16.3. The van der Waals surface area contributed by atoms with Crippen molar-refractivity contribution in [3.8, 4) is 0 Å². The summed E-state index contributed by atoms with van der Waals surface area (Å²) in [7, 11) is 0. The first kappa shape index (κ1) is 16.0. The molecule has 0 saturated heterocycles. The number of furan rings is 1. The Bertz CT molecular complexity index is 634. The minimum atomic E-state index is -0.177. The molecule has 116 valence electrons. The van der Waals surface area contributed by atoms with Gasteiger partial charge in [-0.3, -0.25) is 9.59 Å². The number of nitrogens with one attached hydrogen (secondary N) is 1. The van der Waals surface area contributed by atoms with Crippen molar-refractivity contribution in [1.29, 1.82) is 0 Å². The number of benzene rings is 1. The van der Waals surface area contributed by atoms with Crippen LogP contribution < -0.4 is 5.32 Å². The number of carbonyl (C=O) groups excluding carboxylic acids is 2. The zero-order valence-corrected chi connectivity index (χ0v) is 13.2. The van der Waals surface area contributed by atoms with Gasteiger partial charge in [0.25, 0.3) is 0 Å². The largest absolute Gasteiger partial charge is 0.461 e. The van der Waals surface area contributed by atoms with Crippen LogP contribution in [0.5, 0.6) is 0 Å². The summed E-state index contributed by atoms with van der Waals surface area (Å²) in [5, 5.41) is 2.80. The van der Waals surface area contributed by atoms with E-state index in [9.17, 15) is 9.59 Å². The molecule has 1 aromatic carbocycles. The Labute approximate surface area is 130 Å². The third-order valence-electron chi connectivity index (χ3n) is 3.41. The van der Waals surface area contributed by atoms with Crippen LogP contribution in [0.1, 0.15) is 49.7 Å². The predicted molar refractivity (Wildman–Crippen MR) is 86.0 cm³/mol. The quantitative estimate of drug-likeness (QED) is 0.843. The van der Waals surface area contributed by atoms with E-state index in [0.29, 0.717) is 5.76 Å². The number of anilines is 1. The molecule has 0 atom stereocenters. The second kappa shape index (κ2) is 6.60. The second-order valence-electron chi connectivity index (χ2n) is 6.28. The molecule has 0 aliphatic carbocycles. The Morgan fingerprint density at radius 3 is 2.27 bits per heavy atom. The van der Waals surface area contributed by atoms with Gasteiger partial charge in [0.15, 0.2) is 11.5 Å². The lowest BCUT2D eigenvalue weighted by molar-refractivity contribution is -0.116. The van der Waals surface area contributed by atoms with Crippen molar-refractivity contribution in [3.63, 3.8) is 0 Å². The van der Waals surface area contributed by atoms with Crippen LogP contribution in [-0.4, -0.2) is 11.7 Å². The van der Waals surface area contributed by atoms with Crippen molar-refractivity contribution in [3.05, 3.63) is 54.0 Å². The van der Waals surface area contributed by atoms with E-state index in [-0.39, 0.29) is 29.9 Å². The van der Waals surface area contributed by atoms with Crippen LogP contribution in [0.3, 0.4) is 0 Å². The van der Waals surface area contributed by atoms with Gasteiger partial charge >= 0.3 is 0 Å². The molecule has 22 heavy (non-hydrogen) atoms. The summed E-state index contributed by atoms with van der Waals surface area (Å²) in [5.74, 6) is -0.0472. The van der Waals surface area contributed by atoms with Crippen LogP contribution in [0.4, 0.5) is 5.69 Å². The van der Waals surface area contributed by atoms with Gasteiger partial charge in [-0.1, -0.05) is 32.9 Å². The summed E-state index contributed by atoms with van der Waals surface area (Å²) in [6, 6.07) is 11.0. The molecule has 0 fully saturated rings. The molecular weight excluding hydrogens is 278 g/mol. The lowest BCUT2D eigenvalue weighted by Gasteiger charge is -2.19. The van der Waals surface area contributed by atoms with Gasteiger partial charge in [-0.25, -0.2) is 0 Å². The number of carbonyl (C=O) groups is 2. The third-order valence-corrected chi connectivity index (χ3v) is 3.41. The topological polar surface area (TPSA) is 59.3 Å². The lowest BCUT2D eigenvalue weighted by Crippen LogP contribution is -2.14. The Balaban J connectivity index is 1.86. The molecule has 2 aromatic rings.